The van der Waals surface area contributed by atoms with E-state index in [-0.39, 0.29) is 18.5 Å². The molecule has 0 unspecified atom stereocenters. The van der Waals surface area contributed by atoms with Gasteiger partial charge < -0.3 is 14.6 Å². The maximum absolute atomic E-state index is 13.2. The van der Waals surface area contributed by atoms with Crippen molar-refractivity contribution in [2.45, 2.75) is 25.6 Å². The van der Waals surface area contributed by atoms with Crippen LogP contribution < -0.4 is 9.47 Å². The second-order valence-electron chi connectivity index (χ2n) is 7.15. The van der Waals surface area contributed by atoms with Gasteiger partial charge in [-0.15, -0.1) is 0 Å². The van der Waals surface area contributed by atoms with Gasteiger partial charge in [-0.05, 0) is 30.2 Å². The lowest BCUT2D eigenvalue weighted by atomic mass is 10.1. The number of para-hydroxylation sites is 1. The number of ether oxygens (including phenoxy) is 2. The molecule has 1 fully saturated rings. The molecule has 0 amide bonds. The normalized spacial score (nSPS) is 18.2. The summed E-state index contributed by atoms with van der Waals surface area (Å²) in [5.74, 6) is 1.30. The molecule has 152 valence electrons. The predicted molar refractivity (Wildman–Crippen MR) is 107 cm³/mol. The molecule has 0 radical (unpaired) electrons. The molecule has 5 nitrogen and oxygen atoms in total. The van der Waals surface area contributed by atoms with E-state index in [1.165, 1.54) is 12.1 Å². The molecule has 1 atom stereocenters. The third kappa shape index (κ3) is 5.01. The SMILES string of the molecule is COc1cccc(CN2CCN(Cc3ccc(F)cc3)[C@@H](CCO)C2)c1OC. The average Bonchev–Trinajstić information content (AvgIpc) is 2.71. The molecule has 6 heteroatoms. The van der Waals surface area contributed by atoms with Gasteiger partial charge in [-0.25, -0.2) is 4.39 Å². The molecule has 0 aromatic heterocycles. The number of aliphatic hydroxyl groups is 1. The Labute approximate surface area is 166 Å². The van der Waals surface area contributed by atoms with Crippen molar-refractivity contribution in [3.63, 3.8) is 0 Å². The monoisotopic (exact) mass is 388 g/mol. The van der Waals surface area contributed by atoms with Gasteiger partial charge in [0.2, 0.25) is 0 Å². The van der Waals surface area contributed by atoms with E-state index in [1.807, 2.05) is 24.3 Å². The fourth-order valence-electron chi connectivity index (χ4n) is 3.88. The Morgan fingerprint density at radius 1 is 1.04 bits per heavy atom. The minimum absolute atomic E-state index is 0.154. The van der Waals surface area contributed by atoms with Crippen LogP contribution in [0.5, 0.6) is 11.5 Å². The first kappa shape index (κ1) is 20.6. The summed E-state index contributed by atoms with van der Waals surface area (Å²) in [5.41, 5.74) is 2.18. The molecule has 0 saturated carbocycles. The van der Waals surface area contributed by atoms with Crippen LogP contribution >= 0.6 is 0 Å². The van der Waals surface area contributed by atoms with Crippen molar-refractivity contribution in [2.75, 3.05) is 40.5 Å². The van der Waals surface area contributed by atoms with Gasteiger partial charge in [0.15, 0.2) is 11.5 Å². The number of hydrogen-bond donors (Lipinski definition) is 1. The zero-order chi connectivity index (χ0) is 19.9. The first-order valence-electron chi connectivity index (χ1n) is 9.66. The second kappa shape index (κ2) is 9.87. The first-order chi connectivity index (χ1) is 13.6. The first-order valence-corrected chi connectivity index (χ1v) is 9.66. The van der Waals surface area contributed by atoms with Gasteiger partial charge in [-0.3, -0.25) is 9.80 Å². The van der Waals surface area contributed by atoms with Crippen molar-refractivity contribution >= 4 is 0 Å². The van der Waals surface area contributed by atoms with Crippen molar-refractivity contribution in [3.05, 3.63) is 59.4 Å². The van der Waals surface area contributed by atoms with Gasteiger partial charge in [0.25, 0.3) is 0 Å². The van der Waals surface area contributed by atoms with Crippen LogP contribution in [0.2, 0.25) is 0 Å². The van der Waals surface area contributed by atoms with Crippen LogP contribution in [0.4, 0.5) is 4.39 Å². The van der Waals surface area contributed by atoms with Crippen molar-refractivity contribution in [1.82, 2.24) is 9.80 Å². The largest absolute Gasteiger partial charge is 0.493 e. The van der Waals surface area contributed by atoms with E-state index in [1.54, 1.807) is 14.2 Å². The highest BCUT2D eigenvalue weighted by molar-refractivity contribution is 5.46. The Kier molecular flexibility index (Phi) is 7.25. The van der Waals surface area contributed by atoms with Crippen molar-refractivity contribution in [1.29, 1.82) is 0 Å². The number of halogens is 1. The topological polar surface area (TPSA) is 45.2 Å². The minimum atomic E-state index is -0.215. The van der Waals surface area contributed by atoms with Gasteiger partial charge in [0, 0.05) is 50.9 Å². The molecule has 1 saturated heterocycles. The third-order valence-corrected chi connectivity index (χ3v) is 5.33. The summed E-state index contributed by atoms with van der Waals surface area (Å²) in [6.07, 6.45) is 0.715. The molecule has 0 bridgehead atoms. The Morgan fingerprint density at radius 3 is 2.50 bits per heavy atom. The van der Waals surface area contributed by atoms with E-state index in [2.05, 4.69) is 15.9 Å². The summed E-state index contributed by atoms with van der Waals surface area (Å²) in [7, 11) is 3.31. The van der Waals surface area contributed by atoms with Crippen LogP contribution in [-0.2, 0) is 13.1 Å². The molecular formula is C22H29FN2O3. The lowest BCUT2D eigenvalue weighted by Gasteiger charge is -2.41. The summed E-state index contributed by atoms with van der Waals surface area (Å²) in [6, 6.07) is 12.9. The van der Waals surface area contributed by atoms with Gasteiger partial charge in [0.05, 0.1) is 14.2 Å². The fraction of sp³-hybridized carbons (Fsp3) is 0.455. The fourth-order valence-corrected chi connectivity index (χ4v) is 3.88. The molecule has 3 rings (SSSR count). The van der Waals surface area contributed by atoms with E-state index in [4.69, 9.17) is 9.47 Å². The third-order valence-electron chi connectivity index (χ3n) is 5.33. The van der Waals surface area contributed by atoms with Crippen molar-refractivity contribution in [2.24, 2.45) is 0 Å². The van der Waals surface area contributed by atoms with Gasteiger partial charge in [-0.1, -0.05) is 24.3 Å². The van der Waals surface area contributed by atoms with Crippen molar-refractivity contribution in [3.8, 4) is 11.5 Å². The molecule has 2 aromatic carbocycles. The van der Waals surface area contributed by atoms with Gasteiger partial charge in [0.1, 0.15) is 5.82 Å². The Morgan fingerprint density at radius 2 is 1.82 bits per heavy atom. The van der Waals surface area contributed by atoms with Crippen LogP contribution in [0.15, 0.2) is 42.5 Å². The summed E-state index contributed by atoms with van der Waals surface area (Å²) in [4.78, 5) is 4.77. The summed E-state index contributed by atoms with van der Waals surface area (Å²) in [6.45, 7) is 4.37. The highest BCUT2D eigenvalue weighted by Crippen LogP contribution is 2.32. The van der Waals surface area contributed by atoms with E-state index < -0.39 is 0 Å². The lowest BCUT2D eigenvalue weighted by Crippen LogP contribution is -2.52. The lowest BCUT2D eigenvalue weighted by molar-refractivity contribution is 0.0496. The van der Waals surface area contributed by atoms with E-state index in [0.717, 1.165) is 55.3 Å². The Balaban J connectivity index is 1.68. The maximum atomic E-state index is 13.2. The molecule has 1 N–H and O–H groups in total. The number of aliphatic hydroxyl groups excluding tert-OH is 1. The van der Waals surface area contributed by atoms with E-state index in [0.29, 0.717) is 6.42 Å². The van der Waals surface area contributed by atoms with E-state index >= 15 is 0 Å². The molecule has 1 aliphatic heterocycles. The molecule has 0 aliphatic carbocycles. The van der Waals surface area contributed by atoms with E-state index in [9.17, 15) is 9.50 Å². The van der Waals surface area contributed by atoms with Gasteiger partial charge >= 0.3 is 0 Å². The number of rotatable bonds is 8. The second-order valence-corrected chi connectivity index (χ2v) is 7.15. The molecule has 1 aliphatic rings. The minimum Gasteiger partial charge on any atom is -0.493 e. The molecular weight excluding hydrogens is 359 g/mol. The Hall–Kier alpha value is -2.15. The summed E-state index contributed by atoms with van der Waals surface area (Å²) < 4.78 is 24.1. The zero-order valence-electron chi connectivity index (χ0n) is 16.6. The smallest absolute Gasteiger partial charge is 0.165 e. The van der Waals surface area contributed by atoms with Gasteiger partial charge in [-0.2, -0.15) is 0 Å². The summed E-state index contributed by atoms with van der Waals surface area (Å²) >= 11 is 0. The average molecular weight is 388 g/mol. The van der Waals surface area contributed by atoms with Crippen LogP contribution in [0.1, 0.15) is 17.5 Å². The number of methoxy groups -OCH3 is 2. The van der Waals surface area contributed by atoms with Crippen molar-refractivity contribution < 1.29 is 19.0 Å². The molecule has 0 spiro atoms. The van der Waals surface area contributed by atoms with Crippen LogP contribution in [0.3, 0.4) is 0 Å². The highest BCUT2D eigenvalue weighted by atomic mass is 19.1. The number of piperazine rings is 1. The van der Waals surface area contributed by atoms with Crippen LogP contribution in [0.25, 0.3) is 0 Å². The number of nitrogens with zero attached hydrogens (tertiary/aromatic N) is 2. The highest BCUT2D eigenvalue weighted by Gasteiger charge is 2.27. The predicted octanol–water partition coefficient (Wildman–Crippen LogP) is 2.91. The maximum Gasteiger partial charge on any atom is 0.165 e. The zero-order valence-corrected chi connectivity index (χ0v) is 16.6. The standard InChI is InChI=1S/C22H29FN2O3/c1-27-21-5-3-4-18(22(21)28-2)15-24-11-12-25(20(16-24)10-13-26)14-17-6-8-19(23)9-7-17/h3-9,20,26H,10-16H2,1-2H3/t20-/m0/s1. The van der Waals surface area contributed by atoms with Crippen LogP contribution in [0, 0.1) is 5.82 Å². The molecule has 2 aromatic rings. The quantitative estimate of drug-likeness (QED) is 0.753. The molecule has 1 heterocycles. The summed E-state index contributed by atoms with van der Waals surface area (Å²) in [5, 5.41) is 9.53. The van der Waals surface area contributed by atoms with Crippen LogP contribution in [-0.4, -0.2) is 61.4 Å². The number of benzene rings is 2. The molecule has 28 heavy (non-hydrogen) atoms. The number of hydrogen-bond acceptors (Lipinski definition) is 5. The Bertz CT molecular complexity index is 754.